The molecule has 0 aromatic rings. The summed E-state index contributed by atoms with van der Waals surface area (Å²) < 4.78 is 0. The van der Waals surface area contributed by atoms with Crippen molar-refractivity contribution in [2.24, 2.45) is 10.4 Å². The highest BCUT2D eigenvalue weighted by Crippen LogP contribution is 1.87. The predicted molar refractivity (Wildman–Crippen MR) is 31.1 cm³/mol. The fourth-order valence-electron chi connectivity index (χ4n) is 0.204. The largest absolute Gasteiger partial charge is 0.378 e. The van der Waals surface area contributed by atoms with Crippen LogP contribution in [-0.2, 0) is 4.84 Å². The molecule has 6 heavy (non-hydrogen) atoms. The molecular formula is C2H5IN2O. The molecule has 0 saturated heterocycles. The Morgan fingerprint density at radius 1 is 1.50 bits per heavy atom. The third-order valence-corrected chi connectivity index (χ3v) is 0.398. The first kappa shape index (κ1) is 6.13. The van der Waals surface area contributed by atoms with Crippen LogP contribution in [0.15, 0.2) is 10.4 Å². The SMILES string of the molecule is C1CON=N1.I. The highest BCUT2D eigenvalue weighted by atomic mass is 127. The smallest absolute Gasteiger partial charge is 0.140 e. The van der Waals surface area contributed by atoms with Gasteiger partial charge in [0.15, 0.2) is 0 Å². The minimum absolute atomic E-state index is 0. The Balaban J connectivity index is 0.000000250. The summed E-state index contributed by atoms with van der Waals surface area (Å²) >= 11 is 0. The van der Waals surface area contributed by atoms with Gasteiger partial charge >= 0.3 is 0 Å². The molecule has 0 saturated carbocycles. The van der Waals surface area contributed by atoms with Gasteiger partial charge in [0.2, 0.25) is 0 Å². The molecule has 1 aliphatic rings. The molecule has 0 atom stereocenters. The Hall–Kier alpha value is 0.130. The van der Waals surface area contributed by atoms with Gasteiger partial charge in [-0.3, -0.25) is 0 Å². The summed E-state index contributed by atoms with van der Waals surface area (Å²) in [7, 11) is 0. The molecule has 0 unspecified atom stereocenters. The van der Waals surface area contributed by atoms with Crippen molar-refractivity contribution < 1.29 is 4.84 Å². The van der Waals surface area contributed by atoms with Gasteiger partial charge in [-0.05, 0) is 0 Å². The molecule has 0 bridgehead atoms. The highest BCUT2D eigenvalue weighted by molar-refractivity contribution is 14.0. The summed E-state index contributed by atoms with van der Waals surface area (Å²) in [5.74, 6) is 0. The second-order valence-electron chi connectivity index (χ2n) is 0.780. The zero-order chi connectivity index (χ0) is 3.54. The number of halogens is 1. The molecule has 36 valence electrons. The topological polar surface area (TPSA) is 34.0 Å². The van der Waals surface area contributed by atoms with Gasteiger partial charge in [0.05, 0.1) is 0 Å². The molecule has 0 aliphatic carbocycles. The first-order valence-corrected chi connectivity index (χ1v) is 1.49. The molecule has 1 aliphatic heterocycles. The number of hydrogen-bond donors (Lipinski definition) is 0. The van der Waals surface area contributed by atoms with Crippen LogP contribution >= 0.6 is 24.0 Å². The summed E-state index contributed by atoms with van der Waals surface area (Å²) in [6.07, 6.45) is 0. The lowest BCUT2D eigenvalue weighted by molar-refractivity contribution is 0.174. The maximum atomic E-state index is 4.40. The van der Waals surface area contributed by atoms with Crippen LogP contribution in [0.25, 0.3) is 0 Å². The Morgan fingerprint density at radius 3 is 2.50 bits per heavy atom. The summed E-state index contributed by atoms with van der Waals surface area (Å²) in [5.41, 5.74) is 0. The number of nitrogens with zero attached hydrogens (tertiary/aromatic N) is 2. The minimum atomic E-state index is 0. The molecule has 0 aromatic heterocycles. The van der Waals surface area contributed by atoms with E-state index in [1.807, 2.05) is 0 Å². The van der Waals surface area contributed by atoms with Gasteiger partial charge in [0.25, 0.3) is 0 Å². The van der Waals surface area contributed by atoms with E-state index in [9.17, 15) is 0 Å². The average molecular weight is 200 g/mol. The second kappa shape index (κ2) is 3.32. The van der Waals surface area contributed by atoms with Crippen molar-refractivity contribution >= 4 is 24.0 Å². The van der Waals surface area contributed by atoms with E-state index in [-0.39, 0.29) is 24.0 Å². The zero-order valence-electron chi connectivity index (χ0n) is 3.13. The maximum Gasteiger partial charge on any atom is 0.140 e. The van der Waals surface area contributed by atoms with Crippen LogP contribution in [0.3, 0.4) is 0 Å². The van der Waals surface area contributed by atoms with E-state index in [0.29, 0.717) is 6.61 Å². The molecule has 3 nitrogen and oxygen atoms in total. The molecule has 0 aromatic carbocycles. The average Bonchev–Trinajstić information content (AvgIpc) is 1.76. The summed E-state index contributed by atoms with van der Waals surface area (Å²) in [4.78, 5) is 4.40. The molecule has 1 heterocycles. The van der Waals surface area contributed by atoms with Crippen LogP contribution in [0.2, 0.25) is 0 Å². The fourth-order valence-corrected chi connectivity index (χ4v) is 0.204. The maximum absolute atomic E-state index is 4.40. The van der Waals surface area contributed by atoms with Gasteiger partial charge < -0.3 is 4.84 Å². The molecule has 0 spiro atoms. The molecule has 4 heteroatoms. The Morgan fingerprint density at radius 2 is 2.33 bits per heavy atom. The summed E-state index contributed by atoms with van der Waals surface area (Å²) in [5, 5.41) is 6.69. The molecule has 0 fully saturated rings. The molecule has 1 rings (SSSR count). The second-order valence-corrected chi connectivity index (χ2v) is 0.780. The third kappa shape index (κ3) is 1.54. The van der Waals surface area contributed by atoms with Gasteiger partial charge in [0, 0.05) is 5.28 Å². The van der Waals surface area contributed by atoms with Crippen molar-refractivity contribution in [3.63, 3.8) is 0 Å². The minimum Gasteiger partial charge on any atom is -0.378 e. The van der Waals surface area contributed by atoms with Crippen molar-refractivity contribution in [2.45, 2.75) is 0 Å². The Bertz CT molecular complexity index is 49.5. The van der Waals surface area contributed by atoms with Gasteiger partial charge in [-0.2, -0.15) is 5.11 Å². The van der Waals surface area contributed by atoms with Gasteiger partial charge in [-0.15, -0.1) is 24.0 Å². The predicted octanol–water partition coefficient (Wildman–Crippen LogP) is 1.00. The van der Waals surface area contributed by atoms with Crippen molar-refractivity contribution in [3.05, 3.63) is 0 Å². The Kier molecular flexibility index (Phi) is 3.40. The van der Waals surface area contributed by atoms with Crippen LogP contribution in [0.1, 0.15) is 0 Å². The number of hydrogen-bond acceptors (Lipinski definition) is 3. The molecular weight excluding hydrogens is 195 g/mol. The Labute approximate surface area is 52.8 Å². The van der Waals surface area contributed by atoms with E-state index in [4.69, 9.17) is 0 Å². The van der Waals surface area contributed by atoms with E-state index in [1.54, 1.807) is 0 Å². The molecule has 0 radical (unpaired) electrons. The van der Waals surface area contributed by atoms with Crippen LogP contribution < -0.4 is 0 Å². The van der Waals surface area contributed by atoms with Crippen LogP contribution in [-0.4, -0.2) is 13.2 Å². The normalized spacial score (nSPS) is 16.0. The zero-order valence-corrected chi connectivity index (χ0v) is 5.46. The molecule has 0 N–H and O–H groups in total. The van der Waals surface area contributed by atoms with Gasteiger partial charge in [-0.1, -0.05) is 0 Å². The first-order valence-electron chi connectivity index (χ1n) is 1.49. The third-order valence-electron chi connectivity index (χ3n) is 0.398. The molecule has 0 amide bonds. The van der Waals surface area contributed by atoms with Crippen molar-refractivity contribution in [1.29, 1.82) is 0 Å². The quantitative estimate of drug-likeness (QED) is 0.537. The van der Waals surface area contributed by atoms with Crippen molar-refractivity contribution in [1.82, 2.24) is 0 Å². The van der Waals surface area contributed by atoms with Gasteiger partial charge in [-0.25, -0.2) is 0 Å². The summed E-state index contributed by atoms with van der Waals surface area (Å²) in [6, 6.07) is 0. The van der Waals surface area contributed by atoms with E-state index < -0.39 is 0 Å². The van der Waals surface area contributed by atoms with E-state index in [0.717, 1.165) is 6.54 Å². The number of rotatable bonds is 0. The lowest BCUT2D eigenvalue weighted by atomic mass is 10.8. The monoisotopic (exact) mass is 200 g/mol. The van der Waals surface area contributed by atoms with Crippen molar-refractivity contribution in [3.8, 4) is 0 Å². The fraction of sp³-hybridized carbons (Fsp3) is 1.00. The van der Waals surface area contributed by atoms with Crippen molar-refractivity contribution in [2.75, 3.05) is 13.2 Å². The lowest BCUT2D eigenvalue weighted by Gasteiger charge is -1.72. The van der Waals surface area contributed by atoms with E-state index in [2.05, 4.69) is 15.2 Å². The summed E-state index contributed by atoms with van der Waals surface area (Å²) in [6.45, 7) is 1.40. The van der Waals surface area contributed by atoms with Crippen LogP contribution in [0.4, 0.5) is 0 Å². The van der Waals surface area contributed by atoms with Crippen LogP contribution in [0.5, 0.6) is 0 Å². The van der Waals surface area contributed by atoms with E-state index >= 15 is 0 Å². The standard InChI is InChI=1S/C2H4N2O.HI/c1-2-5-4-3-1;/h1-2H2;1H. The highest BCUT2D eigenvalue weighted by Gasteiger charge is 1.87. The lowest BCUT2D eigenvalue weighted by Crippen LogP contribution is -1.78. The van der Waals surface area contributed by atoms with Gasteiger partial charge in [0.1, 0.15) is 13.2 Å². The van der Waals surface area contributed by atoms with E-state index in [1.165, 1.54) is 0 Å². The first-order chi connectivity index (χ1) is 2.50. The van der Waals surface area contributed by atoms with Crippen LogP contribution in [0, 0.1) is 0 Å².